The summed E-state index contributed by atoms with van der Waals surface area (Å²) in [5.74, 6) is 0.559. The van der Waals surface area contributed by atoms with Gasteiger partial charge in [-0.25, -0.2) is 0 Å². The lowest BCUT2D eigenvalue weighted by molar-refractivity contribution is 0.0927. The molecule has 1 radical (unpaired) electrons. The second-order valence-electron chi connectivity index (χ2n) is 3.39. The van der Waals surface area contributed by atoms with Crippen LogP contribution >= 0.6 is 0 Å². The fraction of sp³-hybridized carbons (Fsp3) is 0.417. The molecule has 0 fully saturated rings. The van der Waals surface area contributed by atoms with Crippen molar-refractivity contribution in [3.63, 3.8) is 0 Å². The van der Waals surface area contributed by atoms with Crippen molar-refractivity contribution in [2.75, 3.05) is 6.61 Å². The van der Waals surface area contributed by atoms with Crippen LogP contribution in [-0.4, -0.2) is 6.61 Å². The second kappa shape index (κ2) is 5.76. The average Bonchev–Trinajstić information content (AvgIpc) is 2.19. The van der Waals surface area contributed by atoms with E-state index in [1.807, 2.05) is 18.2 Å². The van der Waals surface area contributed by atoms with Gasteiger partial charge in [0.05, 0.1) is 6.61 Å². The predicted octanol–water partition coefficient (Wildman–Crippen LogP) is 3.06. The van der Waals surface area contributed by atoms with Crippen molar-refractivity contribution in [1.29, 1.82) is 0 Å². The first-order valence-electron chi connectivity index (χ1n) is 4.74. The standard InChI is InChI=1S/C12H17O/c1-3-11(2)9-13-10-12-7-5-4-6-8-12/h4-8,11H,1,3,9-10H2,2H3. The summed E-state index contributed by atoms with van der Waals surface area (Å²) in [6.45, 7) is 7.50. The van der Waals surface area contributed by atoms with Crippen molar-refractivity contribution < 1.29 is 4.74 Å². The highest BCUT2D eigenvalue weighted by Gasteiger charge is 1.98. The van der Waals surface area contributed by atoms with Gasteiger partial charge in [-0.3, -0.25) is 0 Å². The van der Waals surface area contributed by atoms with E-state index in [-0.39, 0.29) is 0 Å². The Morgan fingerprint density at radius 2 is 2.00 bits per heavy atom. The summed E-state index contributed by atoms with van der Waals surface area (Å²) in [7, 11) is 0. The van der Waals surface area contributed by atoms with Crippen molar-refractivity contribution in [2.24, 2.45) is 5.92 Å². The Hall–Kier alpha value is -0.820. The topological polar surface area (TPSA) is 9.23 Å². The molecule has 1 aromatic carbocycles. The third kappa shape index (κ3) is 4.09. The zero-order chi connectivity index (χ0) is 9.52. The molecule has 0 saturated carbocycles. The van der Waals surface area contributed by atoms with Gasteiger partial charge in [0.1, 0.15) is 0 Å². The van der Waals surface area contributed by atoms with Gasteiger partial charge in [0.25, 0.3) is 0 Å². The molecule has 0 heterocycles. The fourth-order valence-corrected chi connectivity index (χ4v) is 1.04. The molecule has 71 valence electrons. The fourth-order valence-electron chi connectivity index (χ4n) is 1.04. The summed E-state index contributed by atoms with van der Waals surface area (Å²) in [5, 5.41) is 0. The lowest BCUT2D eigenvalue weighted by Crippen LogP contribution is -2.04. The zero-order valence-corrected chi connectivity index (χ0v) is 8.20. The maximum absolute atomic E-state index is 5.53. The summed E-state index contributed by atoms with van der Waals surface area (Å²) in [6, 6.07) is 10.2. The second-order valence-corrected chi connectivity index (χ2v) is 3.39. The molecule has 0 bridgehead atoms. The first-order valence-corrected chi connectivity index (χ1v) is 4.74. The normalized spacial score (nSPS) is 12.8. The Labute approximate surface area is 80.7 Å². The van der Waals surface area contributed by atoms with E-state index >= 15 is 0 Å². The van der Waals surface area contributed by atoms with Gasteiger partial charge >= 0.3 is 0 Å². The van der Waals surface area contributed by atoms with Gasteiger partial charge in [-0.1, -0.05) is 44.2 Å². The first kappa shape index (κ1) is 10.3. The molecule has 0 N–H and O–H groups in total. The highest BCUT2D eigenvalue weighted by atomic mass is 16.5. The van der Waals surface area contributed by atoms with E-state index in [2.05, 4.69) is 26.0 Å². The monoisotopic (exact) mass is 177 g/mol. The minimum absolute atomic E-state index is 0.559. The minimum Gasteiger partial charge on any atom is -0.376 e. The van der Waals surface area contributed by atoms with Gasteiger partial charge in [-0.15, -0.1) is 0 Å². The molecule has 1 aromatic rings. The van der Waals surface area contributed by atoms with E-state index in [0.717, 1.165) is 13.0 Å². The van der Waals surface area contributed by atoms with Gasteiger partial charge in [-0.05, 0) is 17.9 Å². The van der Waals surface area contributed by atoms with E-state index in [0.29, 0.717) is 12.5 Å². The Morgan fingerprint density at radius 1 is 1.31 bits per heavy atom. The smallest absolute Gasteiger partial charge is 0.0717 e. The largest absolute Gasteiger partial charge is 0.376 e. The van der Waals surface area contributed by atoms with Crippen LogP contribution in [0.15, 0.2) is 30.3 Å². The van der Waals surface area contributed by atoms with Crippen LogP contribution in [0.1, 0.15) is 18.9 Å². The Morgan fingerprint density at radius 3 is 2.62 bits per heavy atom. The van der Waals surface area contributed by atoms with Gasteiger partial charge in [0, 0.05) is 6.61 Å². The number of ether oxygens (including phenoxy) is 1. The Balaban J connectivity index is 2.20. The van der Waals surface area contributed by atoms with Crippen LogP contribution < -0.4 is 0 Å². The summed E-state index contributed by atoms with van der Waals surface area (Å²) < 4.78 is 5.53. The van der Waals surface area contributed by atoms with E-state index in [1.165, 1.54) is 5.56 Å². The van der Waals surface area contributed by atoms with Crippen LogP contribution in [0, 0.1) is 12.8 Å². The molecule has 1 nitrogen and oxygen atoms in total. The molecule has 0 aliphatic heterocycles. The molecule has 0 aliphatic carbocycles. The predicted molar refractivity (Wildman–Crippen MR) is 55.2 cm³/mol. The van der Waals surface area contributed by atoms with Gasteiger partial charge in [0.2, 0.25) is 0 Å². The van der Waals surface area contributed by atoms with Crippen molar-refractivity contribution in [2.45, 2.75) is 20.0 Å². The van der Waals surface area contributed by atoms with Crippen molar-refractivity contribution >= 4 is 0 Å². The highest BCUT2D eigenvalue weighted by Crippen LogP contribution is 2.04. The number of hydrogen-bond donors (Lipinski definition) is 0. The average molecular weight is 177 g/mol. The van der Waals surface area contributed by atoms with E-state index < -0.39 is 0 Å². The van der Waals surface area contributed by atoms with Crippen LogP contribution in [0.3, 0.4) is 0 Å². The van der Waals surface area contributed by atoms with Gasteiger partial charge < -0.3 is 4.74 Å². The molecule has 1 atom stereocenters. The maximum atomic E-state index is 5.53. The van der Waals surface area contributed by atoms with Crippen LogP contribution in [0.25, 0.3) is 0 Å². The molecule has 1 unspecified atom stereocenters. The van der Waals surface area contributed by atoms with E-state index in [1.54, 1.807) is 0 Å². The molecule has 0 aromatic heterocycles. The molecule has 1 heteroatoms. The summed E-state index contributed by atoms with van der Waals surface area (Å²) in [5.41, 5.74) is 1.23. The first-order chi connectivity index (χ1) is 6.33. The third-order valence-corrected chi connectivity index (χ3v) is 2.01. The van der Waals surface area contributed by atoms with Gasteiger partial charge in [0.15, 0.2) is 0 Å². The van der Waals surface area contributed by atoms with Crippen LogP contribution in [0.4, 0.5) is 0 Å². The van der Waals surface area contributed by atoms with Gasteiger partial charge in [-0.2, -0.15) is 0 Å². The number of hydrogen-bond acceptors (Lipinski definition) is 1. The lowest BCUT2D eigenvalue weighted by atomic mass is 10.1. The number of benzene rings is 1. The summed E-state index contributed by atoms with van der Waals surface area (Å²) in [6.07, 6.45) is 0.939. The molecule has 13 heavy (non-hydrogen) atoms. The minimum atomic E-state index is 0.559. The van der Waals surface area contributed by atoms with Crippen LogP contribution in [0.2, 0.25) is 0 Å². The van der Waals surface area contributed by atoms with Crippen molar-refractivity contribution in [3.05, 3.63) is 42.8 Å². The quantitative estimate of drug-likeness (QED) is 0.671. The third-order valence-electron chi connectivity index (χ3n) is 2.01. The Bertz CT molecular complexity index is 218. The zero-order valence-electron chi connectivity index (χ0n) is 8.20. The molecule has 0 aliphatic rings. The summed E-state index contributed by atoms with van der Waals surface area (Å²) in [4.78, 5) is 0. The number of rotatable bonds is 5. The summed E-state index contributed by atoms with van der Waals surface area (Å²) >= 11 is 0. The Kier molecular flexibility index (Phi) is 4.55. The molecule has 0 saturated heterocycles. The molecule has 0 spiro atoms. The van der Waals surface area contributed by atoms with Crippen LogP contribution in [-0.2, 0) is 11.3 Å². The molecule has 1 rings (SSSR count). The van der Waals surface area contributed by atoms with Crippen molar-refractivity contribution in [3.8, 4) is 0 Å². The molecule has 0 amide bonds. The highest BCUT2D eigenvalue weighted by molar-refractivity contribution is 5.13. The maximum Gasteiger partial charge on any atom is 0.0717 e. The van der Waals surface area contributed by atoms with E-state index in [9.17, 15) is 0 Å². The molecular weight excluding hydrogens is 160 g/mol. The van der Waals surface area contributed by atoms with E-state index in [4.69, 9.17) is 4.74 Å². The SMILES string of the molecule is [CH2]CC(C)COCc1ccccc1. The van der Waals surface area contributed by atoms with Crippen molar-refractivity contribution in [1.82, 2.24) is 0 Å². The lowest BCUT2D eigenvalue weighted by Gasteiger charge is -2.08. The van der Waals surface area contributed by atoms with Crippen LogP contribution in [0.5, 0.6) is 0 Å². The molecular formula is C12H17O.